The molecule has 2 heterocycles. The zero-order valence-corrected chi connectivity index (χ0v) is 15.3. The predicted octanol–water partition coefficient (Wildman–Crippen LogP) is 3.47. The number of nitrogens with one attached hydrogen (secondary N) is 2. The molecule has 1 amide bonds. The van der Waals surface area contributed by atoms with Gasteiger partial charge in [-0.2, -0.15) is 0 Å². The molecule has 118 valence electrons. The Kier molecular flexibility index (Phi) is 5.11. The number of H-pyrrole nitrogens is 1. The van der Waals surface area contributed by atoms with E-state index >= 15 is 0 Å². The lowest BCUT2D eigenvalue weighted by atomic mass is 10.3. The Bertz CT molecular complexity index is 820. The van der Waals surface area contributed by atoms with Crippen LogP contribution in [0.25, 0.3) is 11.2 Å². The van der Waals surface area contributed by atoms with Gasteiger partial charge in [-0.25, -0.2) is 15.0 Å². The second-order valence-corrected chi connectivity index (χ2v) is 7.23. The maximum atomic E-state index is 12.5. The highest BCUT2D eigenvalue weighted by atomic mass is 127. The molecule has 0 saturated heterocycles. The topological polar surface area (TPSA) is 83.6 Å². The quantitative estimate of drug-likeness (QED) is 0.362. The number of carbonyl (C=O) groups is 1. The van der Waals surface area contributed by atoms with Gasteiger partial charge in [0.15, 0.2) is 5.65 Å². The summed E-state index contributed by atoms with van der Waals surface area (Å²) in [5, 5.41) is 3.44. The zero-order chi connectivity index (χ0) is 16.2. The van der Waals surface area contributed by atoms with E-state index in [9.17, 15) is 4.79 Å². The first-order chi connectivity index (χ1) is 11.2. The van der Waals surface area contributed by atoms with Crippen molar-refractivity contribution in [3.63, 3.8) is 0 Å². The van der Waals surface area contributed by atoms with Crippen LogP contribution in [-0.4, -0.2) is 31.1 Å². The second-order valence-electron chi connectivity index (χ2n) is 4.79. The Morgan fingerprint density at radius 1 is 1.30 bits per heavy atom. The van der Waals surface area contributed by atoms with Gasteiger partial charge in [0.2, 0.25) is 5.91 Å². The first kappa shape index (κ1) is 16.2. The average Bonchev–Trinajstić information content (AvgIpc) is 3.04. The lowest BCUT2D eigenvalue weighted by Crippen LogP contribution is -2.24. The van der Waals surface area contributed by atoms with Crippen LogP contribution in [-0.2, 0) is 4.79 Å². The van der Waals surface area contributed by atoms with Crippen molar-refractivity contribution in [2.24, 2.45) is 0 Å². The smallest absolute Gasteiger partial charge is 0.237 e. The van der Waals surface area contributed by atoms with E-state index in [1.165, 1.54) is 18.1 Å². The Balaban J connectivity index is 1.75. The molecule has 8 heteroatoms. The van der Waals surface area contributed by atoms with Gasteiger partial charge in [-0.05, 0) is 53.3 Å². The molecule has 2 N–H and O–H groups in total. The van der Waals surface area contributed by atoms with Crippen LogP contribution in [0.4, 0.5) is 5.69 Å². The van der Waals surface area contributed by atoms with Gasteiger partial charge >= 0.3 is 0 Å². The van der Waals surface area contributed by atoms with Gasteiger partial charge in [0.1, 0.15) is 16.9 Å². The van der Waals surface area contributed by atoms with Crippen LogP contribution in [0.5, 0.6) is 0 Å². The van der Waals surface area contributed by atoms with Crippen LogP contribution < -0.4 is 5.32 Å². The second kappa shape index (κ2) is 7.26. The fourth-order valence-corrected chi connectivity index (χ4v) is 3.38. The minimum Gasteiger partial charge on any atom is -0.341 e. The minimum absolute atomic E-state index is 0.0371. The first-order valence-corrected chi connectivity index (χ1v) is 9.00. The van der Waals surface area contributed by atoms with Gasteiger partial charge in [0.05, 0.1) is 11.6 Å². The lowest BCUT2D eigenvalue weighted by Gasteiger charge is -2.14. The normalized spacial score (nSPS) is 12.3. The summed E-state index contributed by atoms with van der Waals surface area (Å²) in [6, 6.07) is 7.72. The number of amides is 1. The van der Waals surface area contributed by atoms with Crippen molar-refractivity contribution in [2.75, 3.05) is 5.32 Å². The summed E-state index contributed by atoms with van der Waals surface area (Å²) in [5.74, 6) is -0.0371. The number of aromatic amines is 1. The zero-order valence-electron chi connectivity index (χ0n) is 12.3. The molecule has 0 saturated carbocycles. The summed E-state index contributed by atoms with van der Waals surface area (Å²) in [6.07, 6.45) is 3.74. The van der Waals surface area contributed by atoms with Gasteiger partial charge in [-0.15, -0.1) is 0 Å². The van der Waals surface area contributed by atoms with Gasteiger partial charge < -0.3 is 10.3 Å². The summed E-state index contributed by atoms with van der Waals surface area (Å²) < 4.78 is 1.13. The van der Waals surface area contributed by atoms with Crippen LogP contribution in [0, 0.1) is 3.57 Å². The molecule has 0 aliphatic carbocycles. The van der Waals surface area contributed by atoms with Crippen molar-refractivity contribution in [1.29, 1.82) is 0 Å². The van der Waals surface area contributed by atoms with Crippen molar-refractivity contribution in [3.05, 3.63) is 40.5 Å². The fourth-order valence-electron chi connectivity index (χ4n) is 2.05. The number of fused-ring (bicyclic) bond motifs is 1. The van der Waals surface area contributed by atoms with E-state index in [1.807, 2.05) is 31.2 Å². The van der Waals surface area contributed by atoms with Crippen molar-refractivity contribution in [1.82, 2.24) is 19.9 Å². The Morgan fingerprint density at radius 3 is 2.83 bits per heavy atom. The molecule has 3 aromatic rings. The minimum atomic E-state index is -0.240. The number of carbonyl (C=O) groups excluding carboxylic acids is 1. The van der Waals surface area contributed by atoms with E-state index in [1.54, 1.807) is 6.33 Å². The third kappa shape index (κ3) is 3.81. The van der Waals surface area contributed by atoms with Crippen molar-refractivity contribution in [3.8, 4) is 0 Å². The fraction of sp³-hybridized carbons (Fsp3) is 0.200. The van der Waals surface area contributed by atoms with E-state index in [-0.39, 0.29) is 11.2 Å². The Hall–Kier alpha value is -1.68. The number of thioether (sulfide) groups is 1. The van der Waals surface area contributed by atoms with E-state index in [4.69, 9.17) is 0 Å². The number of anilines is 1. The molecule has 0 aliphatic heterocycles. The van der Waals surface area contributed by atoms with Crippen LogP contribution in [0.2, 0.25) is 0 Å². The molecule has 0 spiro atoms. The van der Waals surface area contributed by atoms with Crippen LogP contribution in [0.15, 0.2) is 41.9 Å². The summed E-state index contributed by atoms with van der Waals surface area (Å²) in [4.78, 5) is 28.0. The third-order valence-electron chi connectivity index (χ3n) is 3.22. The molecule has 1 unspecified atom stereocenters. The highest BCUT2D eigenvalue weighted by Crippen LogP contribution is 2.28. The molecule has 0 radical (unpaired) electrons. The largest absolute Gasteiger partial charge is 0.341 e. The average molecular weight is 439 g/mol. The Morgan fingerprint density at radius 2 is 2.09 bits per heavy atom. The Labute approximate surface area is 151 Å². The molecule has 0 aliphatic rings. The molecule has 0 fully saturated rings. The molecule has 23 heavy (non-hydrogen) atoms. The molecular weight excluding hydrogens is 425 g/mol. The van der Waals surface area contributed by atoms with Crippen molar-refractivity contribution >= 4 is 57.1 Å². The van der Waals surface area contributed by atoms with E-state index in [2.05, 4.69) is 47.8 Å². The van der Waals surface area contributed by atoms with Crippen molar-refractivity contribution in [2.45, 2.75) is 23.6 Å². The number of hydrogen-bond acceptors (Lipinski definition) is 5. The molecule has 6 nitrogen and oxygen atoms in total. The lowest BCUT2D eigenvalue weighted by molar-refractivity contribution is -0.115. The first-order valence-electron chi connectivity index (χ1n) is 7.04. The monoisotopic (exact) mass is 439 g/mol. The number of aromatic nitrogens is 4. The molecular formula is C15H14IN5OS. The summed E-state index contributed by atoms with van der Waals surface area (Å²) in [6.45, 7) is 1.98. The standard InChI is InChI=1S/C15H14IN5OS/c1-2-11(14(22)21-10-5-3-9(16)4-6-10)23-15-12-13(18-7-17-12)19-8-20-15/h3-8,11H,2H2,1H3,(H,21,22)(H,17,18,19,20). The summed E-state index contributed by atoms with van der Waals surface area (Å²) in [7, 11) is 0. The van der Waals surface area contributed by atoms with Crippen molar-refractivity contribution < 1.29 is 4.79 Å². The summed E-state index contributed by atoms with van der Waals surface area (Å²) in [5.41, 5.74) is 2.16. The molecule has 3 rings (SSSR count). The number of nitrogens with zero attached hydrogens (tertiary/aromatic N) is 3. The van der Waals surface area contributed by atoms with Crippen LogP contribution in [0.1, 0.15) is 13.3 Å². The maximum Gasteiger partial charge on any atom is 0.237 e. The van der Waals surface area contributed by atoms with E-state index < -0.39 is 0 Å². The predicted molar refractivity (Wildman–Crippen MR) is 99.4 cm³/mol. The number of rotatable bonds is 5. The van der Waals surface area contributed by atoms with Gasteiger partial charge in [0.25, 0.3) is 0 Å². The highest BCUT2D eigenvalue weighted by molar-refractivity contribution is 14.1. The van der Waals surface area contributed by atoms with Crippen LogP contribution in [0.3, 0.4) is 0 Å². The number of hydrogen-bond donors (Lipinski definition) is 2. The SMILES string of the molecule is CCC(Sc1ncnc2nc[nH]c12)C(=O)Nc1ccc(I)cc1. The highest BCUT2D eigenvalue weighted by Gasteiger charge is 2.20. The van der Waals surface area contributed by atoms with E-state index in [0.29, 0.717) is 12.1 Å². The number of imidazole rings is 1. The van der Waals surface area contributed by atoms with Gasteiger partial charge in [0, 0.05) is 9.26 Å². The molecule has 2 aromatic heterocycles. The van der Waals surface area contributed by atoms with Gasteiger partial charge in [-0.1, -0.05) is 18.7 Å². The molecule has 1 atom stereocenters. The third-order valence-corrected chi connectivity index (χ3v) is 5.30. The number of benzene rings is 1. The van der Waals surface area contributed by atoms with Gasteiger partial charge in [-0.3, -0.25) is 4.79 Å². The molecule has 0 bridgehead atoms. The van der Waals surface area contributed by atoms with E-state index in [0.717, 1.165) is 19.8 Å². The molecule has 1 aromatic carbocycles. The number of halogens is 1. The van der Waals surface area contributed by atoms with Crippen LogP contribution >= 0.6 is 34.4 Å². The summed E-state index contributed by atoms with van der Waals surface area (Å²) >= 11 is 3.65. The maximum absolute atomic E-state index is 12.5.